The number of carboxylic acid groups (broad SMARTS) is 2. The number of carboxylic acids is 2. The molecule has 0 radical (unpaired) electrons. The predicted octanol–water partition coefficient (Wildman–Crippen LogP) is 3.60. The Bertz CT molecular complexity index is 1040. The number of aliphatic hydroxyl groups excluding tert-OH is 1. The van der Waals surface area contributed by atoms with E-state index in [0.717, 1.165) is 16.6 Å². The van der Waals surface area contributed by atoms with Gasteiger partial charge in [0.1, 0.15) is 0 Å². The summed E-state index contributed by atoms with van der Waals surface area (Å²) in [5.74, 6) is -3.65. The smallest absolute Gasteiger partial charge is 0.414 e. The number of carbonyl (C=O) groups is 2. The summed E-state index contributed by atoms with van der Waals surface area (Å²) in [6, 6.07) is 11.8. The van der Waals surface area contributed by atoms with E-state index in [-0.39, 0.29) is 12.7 Å². The average Bonchev–Trinajstić information content (AvgIpc) is 3.08. The lowest BCUT2D eigenvalue weighted by atomic mass is 10.1. The van der Waals surface area contributed by atoms with Gasteiger partial charge in [-0.05, 0) is 61.7 Å². The number of aliphatic hydroxyl groups is 1. The molecule has 0 aliphatic rings. The number of ether oxygens (including phenoxy) is 1. The first-order chi connectivity index (χ1) is 14.6. The van der Waals surface area contributed by atoms with E-state index in [1.165, 1.54) is 11.1 Å². The summed E-state index contributed by atoms with van der Waals surface area (Å²) in [5.41, 5.74) is 5.46. The van der Waals surface area contributed by atoms with Crippen LogP contribution in [-0.2, 0) is 20.9 Å². The quantitative estimate of drug-likeness (QED) is 0.492. The van der Waals surface area contributed by atoms with E-state index in [0.29, 0.717) is 11.6 Å². The number of imidazole rings is 1. The largest absolute Gasteiger partial charge is 0.473 e. The van der Waals surface area contributed by atoms with Crippen LogP contribution in [0.3, 0.4) is 0 Å². The van der Waals surface area contributed by atoms with Crippen molar-refractivity contribution in [1.82, 2.24) is 9.55 Å². The van der Waals surface area contributed by atoms with Gasteiger partial charge in [0.25, 0.3) is 0 Å². The van der Waals surface area contributed by atoms with Crippen molar-refractivity contribution in [2.45, 2.75) is 39.5 Å². The maximum Gasteiger partial charge on any atom is 0.414 e. The van der Waals surface area contributed by atoms with Crippen molar-refractivity contribution >= 4 is 34.6 Å². The Hall–Kier alpha value is -2.94. The third-order valence-corrected chi connectivity index (χ3v) is 4.96. The van der Waals surface area contributed by atoms with Gasteiger partial charge in [-0.15, -0.1) is 0 Å². The van der Waals surface area contributed by atoms with Crippen LogP contribution in [0.5, 0.6) is 0 Å². The van der Waals surface area contributed by atoms with E-state index in [2.05, 4.69) is 31.0 Å². The minimum absolute atomic E-state index is 0.101. The molecule has 3 aromatic rings. The van der Waals surface area contributed by atoms with Crippen LogP contribution in [-0.4, -0.2) is 49.5 Å². The molecule has 1 aromatic heterocycles. The average molecular weight is 449 g/mol. The molecule has 0 aliphatic carbocycles. The van der Waals surface area contributed by atoms with E-state index in [4.69, 9.17) is 36.1 Å². The van der Waals surface area contributed by atoms with E-state index in [1.54, 1.807) is 6.33 Å². The van der Waals surface area contributed by atoms with Gasteiger partial charge in [-0.3, -0.25) is 0 Å². The third-order valence-electron chi connectivity index (χ3n) is 4.70. The number of aliphatic carboxylic acids is 2. The number of hydrogen-bond donors (Lipinski definition) is 3. The van der Waals surface area contributed by atoms with Crippen molar-refractivity contribution in [2.75, 3.05) is 6.61 Å². The molecule has 8 nitrogen and oxygen atoms in total. The minimum atomic E-state index is -1.82. The zero-order valence-corrected chi connectivity index (χ0v) is 18.2. The first kappa shape index (κ1) is 24.3. The normalized spacial score (nSPS) is 12.7. The zero-order chi connectivity index (χ0) is 23.1. The van der Waals surface area contributed by atoms with E-state index < -0.39 is 18.0 Å². The Labute approximate surface area is 184 Å². The standard InChI is InChI=1S/C20H23ClN2O2.C2H2O4/c1-13-8-19-20(9-14(13)2)23(12-22-19)10-18(24)11-25-15(3)16-4-6-17(21)7-5-16;3-1(4)2(5)6/h4-9,12,15,18,24H,10-11H2,1-3H3;(H,3,4)(H,5,6). The second-order valence-electron chi connectivity index (χ2n) is 7.11. The van der Waals surface area contributed by atoms with Crippen molar-refractivity contribution in [3.05, 3.63) is 64.4 Å². The van der Waals surface area contributed by atoms with Gasteiger partial charge in [0.2, 0.25) is 0 Å². The van der Waals surface area contributed by atoms with Crippen molar-refractivity contribution in [3.63, 3.8) is 0 Å². The molecule has 1 heterocycles. The van der Waals surface area contributed by atoms with Crippen LogP contribution >= 0.6 is 11.6 Å². The molecular weight excluding hydrogens is 424 g/mol. The van der Waals surface area contributed by atoms with Gasteiger partial charge in [-0.1, -0.05) is 23.7 Å². The first-order valence-corrected chi connectivity index (χ1v) is 9.89. The fraction of sp³-hybridized carbons (Fsp3) is 0.318. The maximum absolute atomic E-state index is 10.3. The van der Waals surface area contributed by atoms with Crippen LogP contribution in [0.15, 0.2) is 42.7 Å². The highest BCUT2D eigenvalue weighted by Gasteiger charge is 2.13. The molecule has 0 spiro atoms. The van der Waals surface area contributed by atoms with E-state index in [1.807, 2.05) is 35.8 Å². The van der Waals surface area contributed by atoms with Crippen LogP contribution in [0, 0.1) is 13.8 Å². The number of aromatic nitrogens is 2. The van der Waals surface area contributed by atoms with E-state index in [9.17, 15) is 5.11 Å². The Morgan fingerprint density at radius 2 is 1.68 bits per heavy atom. The highest BCUT2D eigenvalue weighted by atomic mass is 35.5. The summed E-state index contributed by atoms with van der Waals surface area (Å²) >= 11 is 5.90. The summed E-state index contributed by atoms with van der Waals surface area (Å²) in [7, 11) is 0. The van der Waals surface area contributed by atoms with Gasteiger partial charge in [0.05, 0.1) is 42.7 Å². The molecule has 0 saturated heterocycles. The Kier molecular flexibility index (Phi) is 8.56. The molecule has 31 heavy (non-hydrogen) atoms. The summed E-state index contributed by atoms with van der Waals surface area (Å²) in [4.78, 5) is 22.6. The maximum atomic E-state index is 10.3. The summed E-state index contributed by atoms with van der Waals surface area (Å²) < 4.78 is 7.78. The number of benzene rings is 2. The Morgan fingerprint density at radius 3 is 2.26 bits per heavy atom. The number of hydrogen-bond acceptors (Lipinski definition) is 5. The Balaban J connectivity index is 0.000000501. The van der Waals surface area contributed by atoms with E-state index >= 15 is 0 Å². The molecule has 2 unspecified atom stereocenters. The Morgan fingerprint density at radius 1 is 1.10 bits per heavy atom. The molecule has 0 amide bonds. The first-order valence-electron chi connectivity index (χ1n) is 9.52. The number of halogens is 1. The molecular formula is C22H25ClN2O6. The van der Waals surface area contributed by atoms with Crippen LogP contribution < -0.4 is 0 Å². The van der Waals surface area contributed by atoms with Crippen molar-refractivity contribution in [1.29, 1.82) is 0 Å². The molecule has 2 aromatic carbocycles. The van der Waals surface area contributed by atoms with Crippen LogP contribution in [0.2, 0.25) is 5.02 Å². The number of aryl methyl sites for hydroxylation is 2. The van der Waals surface area contributed by atoms with Crippen molar-refractivity contribution in [2.24, 2.45) is 0 Å². The molecule has 0 fully saturated rings. The van der Waals surface area contributed by atoms with Crippen LogP contribution in [0.1, 0.15) is 29.7 Å². The molecule has 3 N–H and O–H groups in total. The van der Waals surface area contributed by atoms with Gasteiger partial charge in [-0.25, -0.2) is 14.6 Å². The molecule has 2 atom stereocenters. The number of rotatable bonds is 6. The number of nitrogens with zero attached hydrogens (tertiary/aromatic N) is 2. The van der Waals surface area contributed by atoms with Crippen molar-refractivity contribution < 1.29 is 29.6 Å². The summed E-state index contributed by atoms with van der Waals surface area (Å²) in [5, 5.41) is 25.8. The van der Waals surface area contributed by atoms with Gasteiger partial charge in [-0.2, -0.15) is 0 Å². The molecule has 0 bridgehead atoms. The molecule has 3 rings (SSSR count). The fourth-order valence-electron chi connectivity index (χ4n) is 2.82. The topological polar surface area (TPSA) is 122 Å². The lowest BCUT2D eigenvalue weighted by Crippen LogP contribution is -2.22. The fourth-order valence-corrected chi connectivity index (χ4v) is 2.95. The monoisotopic (exact) mass is 448 g/mol. The highest BCUT2D eigenvalue weighted by Crippen LogP contribution is 2.21. The lowest BCUT2D eigenvalue weighted by Gasteiger charge is -2.17. The lowest BCUT2D eigenvalue weighted by molar-refractivity contribution is -0.159. The van der Waals surface area contributed by atoms with Gasteiger partial charge in [0.15, 0.2) is 0 Å². The van der Waals surface area contributed by atoms with Crippen LogP contribution in [0.25, 0.3) is 11.0 Å². The number of fused-ring (bicyclic) bond motifs is 1. The van der Waals surface area contributed by atoms with Gasteiger partial charge >= 0.3 is 11.9 Å². The molecule has 166 valence electrons. The summed E-state index contributed by atoms with van der Waals surface area (Å²) in [6.45, 7) is 6.84. The predicted molar refractivity (Wildman–Crippen MR) is 116 cm³/mol. The molecule has 0 saturated carbocycles. The third kappa shape index (κ3) is 7.06. The molecule has 0 aliphatic heterocycles. The SMILES string of the molecule is Cc1cc2ncn(CC(O)COC(C)c3ccc(Cl)cc3)c2cc1C.O=C(O)C(=O)O. The van der Waals surface area contributed by atoms with Crippen molar-refractivity contribution in [3.8, 4) is 0 Å². The second kappa shape index (κ2) is 10.9. The summed E-state index contributed by atoms with van der Waals surface area (Å²) in [6.07, 6.45) is 1.07. The minimum Gasteiger partial charge on any atom is -0.473 e. The van der Waals surface area contributed by atoms with Gasteiger partial charge in [0, 0.05) is 5.02 Å². The zero-order valence-electron chi connectivity index (χ0n) is 17.4. The van der Waals surface area contributed by atoms with Crippen LogP contribution in [0.4, 0.5) is 0 Å². The second-order valence-corrected chi connectivity index (χ2v) is 7.55. The molecule has 9 heteroatoms. The van der Waals surface area contributed by atoms with Gasteiger partial charge < -0.3 is 24.6 Å². The highest BCUT2D eigenvalue weighted by molar-refractivity contribution is 6.30.